The van der Waals surface area contributed by atoms with Crippen molar-refractivity contribution in [2.75, 3.05) is 39.6 Å². The highest BCUT2D eigenvalue weighted by atomic mass is 31.2. The molecule has 0 saturated heterocycles. The Balaban J connectivity index is 5.25. The summed E-state index contributed by atoms with van der Waals surface area (Å²) in [5.74, 6) is 0.267. The summed E-state index contributed by atoms with van der Waals surface area (Å²) in [6.45, 7) is 11.9. The smallest absolute Gasteiger partial charge is 0.462 e. The molecule has 17 nitrogen and oxygen atoms in total. The SMILES string of the molecule is CCCCCCCCCCCCC(=O)OC[C@H](COP(=O)(O)OC[C@H](O)COP(=O)(O)OC[C@@H](COC(=O)CCCCCCCCCCCCCC(C)C)OC(=O)CCCCCCCCCCCCCCCCC(C)CC)OC(=O)CCCCCCCCCCC(C)CC. The van der Waals surface area contributed by atoms with Crippen molar-refractivity contribution in [3.63, 3.8) is 0 Å². The van der Waals surface area contributed by atoms with Crippen molar-refractivity contribution in [3.05, 3.63) is 0 Å². The van der Waals surface area contributed by atoms with Crippen molar-refractivity contribution in [1.29, 1.82) is 0 Å². The van der Waals surface area contributed by atoms with Crippen molar-refractivity contribution in [2.45, 2.75) is 401 Å². The number of unbranched alkanes of at least 4 members (excludes halogenated alkanes) is 39. The molecular weight excluding hydrogens is 1230 g/mol. The molecule has 0 aliphatic carbocycles. The molecule has 7 atom stereocenters. The maximum Gasteiger partial charge on any atom is 0.472 e. The van der Waals surface area contributed by atoms with Crippen molar-refractivity contribution >= 4 is 39.5 Å². The van der Waals surface area contributed by atoms with Crippen LogP contribution in [0.15, 0.2) is 0 Å². The van der Waals surface area contributed by atoms with Gasteiger partial charge >= 0.3 is 39.5 Å². The molecule has 3 N–H and O–H groups in total. The molecule has 19 heteroatoms. The molecule has 0 radical (unpaired) electrons. The summed E-state index contributed by atoms with van der Waals surface area (Å²) >= 11 is 0. The molecule has 0 rings (SSSR count). The van der Waals surface area contributed by atoms with Gasteiger partial charge in [0.1, 0.15) is 19.3 Å². The van der Waals surface area contributed by atoms with E-state index in [1.807, 2.05) is 0 Å². The van der Waals surface area contributed by atoms with E-state index in [1.54, 1.807) is 0 Å². The summed E-state index contributed by atoms with van der Waals surface area (Å²) in [5, 5.41) is 10.6. The normalized spacial score (nSPS) is 14.7. The predicted octanol–water partition coefficient (Wildman–Crippen LogP) is 21.8. The van der Waals surface area contributed by atoms with Crippen molar-refractivity contribution in [1.82, 2.24) is 0 Å². The van der Waals surface area contributed by atoms with Gasteiger partial charge in [-0.05, 0) is 43.4 Å². The highest BCUT2D eigenvalue weighted by Crippen LogP contribution is 2.45. The molecule has 0 spiro atoms. The van der Waals surface area contributed by atoms with Gasteiger partial charge in [-0.15, -0.1) is 0 Å². The first kappa shape index (κ1) is 92.1. The molecule has 0 bridgehead atoms. The fourth-order valence-corrected chi connectivity index (χ4v) is 12.9. The fourth-order valence-electron chi connectivity index (χ4n) is 11.4. The first-order valence-electron chi connectivity index (χ1n) is 38.9. The minimum absolute atomic E-state index is 0.105. The van der Waals surface area contributed by atoms with Crippen molar-refractivity contribution < 1.29 is 80.2 Å². The molecule has 0 fully saturated rings. The molecule has 0 aliphatic rings. The van der Waals surface area contributed by atoms with Crippen LogP contribution in [0.5, 0.6) is 0 Å². The number of aliphatic hydroxyl groups is 1. The predicted molar refractivity (Wildman–Crippen MR) is 381 cm³/mol. The van der Waals surface area contributed by atoms with E-state index in [4.69, 9.17) is 37.0 Å². The fraction of sp³-hybridized carbons (Fsp3) is 0.947. The lowest BCUT2D eigenvalue weighted by Gasteiger charge is -2.21. The lowest BCUT2D eigenvalue weighted by molar-refractivity contribution is -0.161. The number of hydrogen-bond donors (Lipinski definition) is 3. The van der Waals surface area contributed by atoms with Crippen LogP contribution in [0.25, 0.3) is 0 Å². The number of carbonyl (C=O) groups excluding carboxylic acids is 4. The van der Waals surface area contributed by atoms with E-state index in [0.29, 0.717) is 25.7 Å². The molecule has 0 aliphatic heterocycles. The van der Waals surface area contributed by atoms with Crippen LogP contribution in [0.2, 0.25) is 0 Å². The van der Waals surface area contributed by atoms with Crippen molar-refractivity contribution in [3.8, 4) is 0 Å². The molecule has 94 heavy (non-hydrogen) atoms. The third kappa shape index (κ3) is 66.0. The van der Waals surface area contributed by atoms with E-state index >= 15 is 0 Å². The zero-order chi connectivity index (χ0) is 69.4. The summed E-state index contributed by atoms with van der Waals surface area (Å²) in [6.07, 6.45) is 51.1. The van der Waals surface area contributed by atoms with Gasteiger partial charge in [0, 0.05) is 25.7 Å². The summed E-state index contributed by atoms with van der Waals surface area (Å²) in [7, 11) is -9.91. The monoisotopic (exact) mass is 1380 g/mol. The number of ether oxygens (including phenoxy) is 4. The standard InChI is InChI=1S/C75H146O17P2/c1-8-11-12-13-14-15-27-35-42-49-56-72(77)85-63-71(92-75(80)59-52-45-38-31-30-34-41-48-55-68(7)10-3)65-90-94(83,84)88-61-69(76)60-87-93(81,82)89-64-70(62-86-73(78)57-50-43-36-28-24-20-21-25-32-39-46-53-66(4)5)91-74(79)58-51-44-37-29-23-19-17-16-18-22-26-33-40-47-54-67(6)9-2/h66-71,76H,8-65H2,1-7H3,(H,81,82)(H,83,84)/t67?,68?,69-,70-,71-/m1/s1. The lowest BCUT2D eigenvalue weighted by atomic mass is 9.99. The zero-order valence-electron chi connectivity index (χ0n) is 61.4. The second-order valence-electron chi connectivity index (χ2n) is 28.0. The van der Waals surface area contributed by atoms with E-state index in [1.165, 1.54) is 193 Å². The Bertz CT molecular complexity index is 1840. The average molecular weight is 1380 g/mol. The first-order chi connectivity index (χ1) is 45.3. The van der Waals surface area contributed by atoms with E-state index in [2.05, 4.69) is 48.5 Å². The minimum atomic E-state index is -4.96. The van der Waals surface area contributed by atoms with E-state index in [9.17, 15) is 43.2 Å². The third-order valence-electron chi connectivity index (χ3n) is 18.1. The molecule has 0 aromatic heterocycles. The first-order valence-corrected chi connectivity index (χ1v) is 41.9. The maximum absolute atomic E-state index is 13.1. The second kappa shape index (κ2) is 65.7. The Kier molecular flexibility index (Phi) is 64.3. The molecule has 0 amide bonds. The second-order valence-corrected chi connectivity index (χ2v) is 30.9. The van der Waals surface area contributed by atoms with Crippen LogP contribution in [0.1, 0.15) is 382 Å². The lowest BCUT2D eigenvalue weighted by Crippen LogP contribution is -2.30. The Morgan fingerprint density at radius 3 is 0.809 bits per heavy atom. The molecule has 0 saturated carbocycles. The third-order valence-corrected chi connectivity index (χ3v) is 20.0. The van der Waals surface area contributed by atoms with Gasteiger partial charge in [-0.3, -0.25) is 37.3 Å². The summed E-state index contributed by atoms with van der Waals surface area (Å²) in [4.78, 5) is 72.8. The van der Waals surface area contributed by atoms with E-state index < -0.39 is 97.5 Å². The maximum atomic E-state index is 13.1. The quantitative estimate of drug-likeness (QED) is 0.0222. The number of rotatable bonds is 73. The average Bonchev–Trinajstić information content (AvgIpc) is 1.97. The molecule has 0 aromatic carbocycles. The number of hydrogen-bond acceptors (Lipinski definition) is 15. The van der Waals surface area contributed by atoms with Crippen LogP contribution in [0.3, 0.4) is 0 Å². The van der Waals surface area contributed by atoms with E-state index in [0.717, 1.165) is 108 Å². The van der Waals surface area contributed by atoms with Crippen LogP contribution < -0.4 is 0 Å². The topological polar surface area (TPSA) is 237 Å². The van der Waals surface area contributed by atoms with Gasteiger partial charge in [0.15, 0.2) is 12.2 Å². The summed E-state index contributed by atoms with van der Waals surface area (Å²) < 4.78 is 68.5. The van der Waals surface area contributed by atoms with Crippen LogP contribution in [0.4, 0.5) is 0 Å². The molecular formula is C75H146O17P2. The van der Waals surface area contributed by atoms with Gasteiger partial charge < -0.3 is 33.8 Å². The Morgan fingerprint density at radius 1 is 0.309 bits per heavy atom. The summed E-state index contributed by atoms with van der Waals surface area (Å²) in [5.41, 5.74) is 0. The van der Waals surface area contributed by atoms with Crippen LogP contribution >= 0.6 is 15.6 Å². The van der Waals surface area contributed by atoms with Gasteiger partial charge in [-0.2, -0.15) is 0 Å². The highest BCUT2D eigenvalue weighted by Gasteiger charge is 2.30. The largest absolute Gasteiger partial charge is 0.472 e. The number of phosphoric ester groups is 2. The van der Waals surface area contributed by atoms with Gasteiger partial charge in [-0.1, -0.05) is 331 Å². The number of phosphoric acid groups is 2. The zero-order valence-corrected chi connectivity index (χ0v) is 63.2. The van der Waals surface area contributed by atoms with Gasteiger partial charge in [0.2, 0.25) is 0 Å². The summed E-state index contributed by atoms with van der Waals surface area (Å²) in [6, 6.07) is 0. The Hall–Kier alpha value is -1.94. The molecule has 0 heterocycles. The highest BCUT2D eigenvalue weighted by molar-refractivity contribution is 7.47. The van der Waals surface area contributed by atoms with Gasteiger partial charge in [-0.25, -0.2) is 9.13 Å². The minimum Gasteiger partial charge on any atom is -0.462 e. The van der Waals surface area contributed by atoms with Crippen LogP contribution in [0, 0.1) is 17.8 Å². The van der Waals surface area contributed by atoms with Gasteiger partial charge in [0.25, 0.3) is 0 Å². The number of aliphatic hydroxyl groups excluding tert-OH is 1. The number of esters is 4. The molecule has 4 unspecified atom stereocenters. The Labute approximate surface area is 575 Å². The molecule has 558 valence electrons. The van der Waals surface area contributed by atoms with E-state index in [-0.39, 0.29) is 25.7 Å². The van der Waals surface area contributed by atoms with Gasteiger partial charge in [0.05, 0.1) is 26.4 Å². The Morgan fingerprint density at radius 2 is 0.543 bits per heavy atom. The van der Waals surface area contributed by atoms with Crippen molar-refractivity contribution in [2.24, 2.45) is 17.8 Å². The molecule has 0 aromatic rings. The number of carbonyl (C=O) groups is 4. The van der Waals surface area contributed by atoms with Crippen LogP contribution in [-0.2, 0) is 65.4 Å². The van der Waals surface area contributed by atoms with Crippen LogP contribution in [-0.4, -0.2) is 96.7 Å².